The van der Waals surface area contributed by atoms with Gasteiger partial charge < -0.3 is 119 Å². The van der Waals surface area contributed by atoms with Gasteiger partial charge in [-0.25, -0.2) is 4.39 Å². The fourth-order valence-electron chi connectivity index (χ4n) is 11.2. The minimum Gasteiger partial charge on any atom is -0.508 e. The number of unbranched alkanes of at least 4 members (excludes halogenated alkanes) is 1. The number of nitrogens with one attached hydrogen (secondary N) is 11. The van der Waals surface area contributed by atoms with Gasteiger partial charge in [-0.2, -0.15) is 0 Å². The average molecular weight is 1520 g/mol. The molecule has 2 aromatic carbocycles. The lowest BCUT2D eigenvalue weighted by atomic mass is 10.00. The molecule has 0 aromatic heterocycles. The minimum atomic E-state index is -1.94. The van der Waals surface area contributed by atoms with Gasteiger partial charge in [0, 0.05) is 44.8 Å². The number of aliphatic carboxylic acids is 1. The van der Waals surface area contributed by atoms with Crippen molar-refractivity contribution >= 4 is 112 Å². The molecule has 0 saturated carbocycles. The number of primary amides is 1. The van der Waals surface area contributed by atoms with Crippen molar-refractivity contribution in [2.75, 3.05) is 57.3 Å². The number of phenols is 1. The van der Waals surface area contributed by atoms with E-state index in [0.717, 1.165) is 28.8 Å². The molecule has 2 aromatic rings. The zero-order valence-electron chi connectivity index (χ0n) is 59.7. The number of carboxylic acid groups (broad SMARTS) is 1. The molecule has 0 spiro atoms. The Morgan fingerprint density at radius 1 is 0.542 bits per heavy atom. The predicted molar refractivity (Wildman–Crippen MR) is 391 cm³/mol. The van der Waals surface area contributed by atoms with E-state index in [2.05, 4.69) is 73.5 Å². The summed E-state index contributed by atoms with van der Waals surface area (Å²) in [5, 5.41) is 47.7. The van der Waals surface area contributed by atoms with Crippen molar-refractivity contribution in [3.8, 4) is 5.75 Å². The summed E-state index contributed by atoms with van der Waals surface area (Å²) in [4.78, 5) is 209. The number of carboxylic acids is 1. The van der Waals surface area contributed by atoms with Crippen LogP contribution in [0.15, 0.2) is 63.5 Å². The number of fused-ring (bicyclic) bond motifs is 1. The second-order valence-electron chi connectivity index (χ2n) is 25.8. The number of thioether (sulfide) groups is 1. The maximum Gasteiger partial charge on any atom is 0.305 e. The number of carbonyl (C=O) groups is 14. The van der Waals surface area contributed by atoms with Crippen LogP contribution in [0, 0.1) is 11.7 Å². The molecular weight excluding hydrogens is 1420 g/mol. The molecular formula is C66H102FN23O16S. The van der Waals surface area contributed by atoms with Crippen LogP contribution in [-0.4, -0.2) is 233 Å². The van der Waals surface area contributed by atoms with Crippen LogP contribution >= 0.6 is 11.8 Å². The first-order valence-corrected chi connectivity index (χ1v) is 35.9. The van der Waals surface area contributed by atoms with E-state index in [1.54, 1.807) is 13.8 Å². The van der Waals surface area contributed by atoms with Gasteiger partial charge in [0.1, 0.15) is 72.0 Å². The second-order valence-corrected chi connectivity index (χ2v) is 26.9. The molecule has 4 rings (SSSR count). The van der Waals surface area contributed by atoms with Gasteiger partial charge in [-0.05, 0) is 125 Å². The Balaban J connectivity index is 1.87. The van der Waals surface area contributed by atoms with Gasteiger partial charge in [-0.15, -0.1) is 11.8 Å². The highest BCUT2D eigenvalue weighted by Crippen LogP contribution is 2.22. The quantitative estimate of drug-likeness (QED) is 0.0249. The molecule has 41 heteroatoms. The Labute approximate surface area is 621 Å². The molecule has 0 unspecified atom stereocenters. The van der Waals surface area contributed by atoms with Gasteiger partial charge >= 0.3 is 5.97 Å². The van der Waals surface area contributed by atoms with Gasteiger partial charge in [-0.3, -0.25) is 82.1 Å². The summed E-state index contributed by atoms with van der Waals surface area (Å²) in [7, 11) is 0. The number of hydrogen-bond donors (Lipinski definition) is 21. The standard InChI is InChI=1S/C66H102FN23O16S/c1-35(2)26-44-58(101)84-42(14-7-23-77-65(72)73)57(100)88-46(29-37-10-5-11-38(67)27-37)60(103)86-43(15-8-24-78-66(74)75)63(106)90-25-9-16-49(90)62(105)85-41(12-3-4-21-68)56(99)89-47(30-53(95)96)61(104)83-40(13-6-22-76-64(70)71)55(98)80-31-50(92)79-32-51(93)82-48(54(69)97)33-107-34-52(94)81-45(59(102)87-44)28-36-17-19-39(91)20-18-36/h5,10-11,17-20,27,35,40-49,91H,3-4,6-9,12-16,21-26,28-34,68H2,1-2H3,(H2,69,97)(H,79,92)(H,80,98)(H,81,94)(H,82,93)(H,83,104)(H,84,101)(H,85,105)(H,86,103)(H,87,102)(H,88,100)(H,89,99)(H,95,96)(H4,70,71,76)(H4,72,73,77)(H4,74,75,78)/t40-,41-,42-,43-,44-,45-,46-,47-,48-,49-/m0/s1. The van der Waals surface area contributed by atoms with Crippen molar-refractivity contribution < 1.29 is 81.7 Å². The van der Waals surface area contributed by atoms with Crippen molar-refractivity contribution in [2.45, 2.75) is 171 Å². The monoisotopic (exact) mass is 1520 g/mol. The summed E-state index contributed by atoms with van der Waals surface area (Å²) in [6, 6.07) is -4.88. The number of rotatable bonds is 25. The van der Waals surface area contributed by atoms with Crippen molar-refractivity contribution in [1.82, 2.24) is 63.4 Å². The van der Waals surface area contributed by atoms with E-state index in [-0.39, 0.29) is 151 Å². The van der Waals surface area contributed by atoms with Crippen molar-refractivity contribution in [2.24, 2.45) is 66.8 Å². The molecule has 107 heavy (non-hydrogen) atoms. The highest BCUT2D eigenvalue weighted by molar-refractivity contribution is 8.00. The normalized spacial score (nSPS) is 22.9. The topological polar surface area (TPSA) is 660 Å². The third-order valence-corrected chi connectivity index (χ3v) is 17.6. The first-order valence-electron chi connectivity index (χ1n) is 34.8. The number of phenolic OH excluding ortho intramolecular Hbond substituents is 1. The third kappa shape index (κ3) is 33.3. The molecule has 0 radical (unpaired) electrons. The van der Waals surface area contributed by atoms with E-state index in [4.69, 9.17) is 45.9 Å². The largest absolute Gasteiger partial charge is 0.508 e. The van der Waals surface area contributed by atoms with E-state index < -0.39 is 181 Å². The number of aromatic hydroxyl groups is 1. The van der Waals surface area contributed by atoms with Gasteiger partial charge in [-0.1, -0.05) is 38.1 Å². The van der Waals surface area contributed by atoms with Crippen LogP contribution in [0.5, 0.6) is 5.75 Å². The van der Waals surface area contributed by atoms with Crippen LogP contribution in [0.25, 0.3) is 0 Å². The number of guanidine groups is 3. The number of nitrogens with two attached hydrogens (primary N) is 8. The molecule has 0 aliphatic carbocycles. The molecule has 39 nitrogen and oxygen atoms in total. The predicted octanol–water partition coefficient (Wildman–Crippen LogP) is -7.05. The molecule has 2 heterocycles. The zero-order chi connectivity index (χ0) is 79.3. The SMILES string of the molecule is CC(C)C[C@@H]1NC(=O)[C@H](Cc2ccc(O)cc2)NC(=O)CSC[C@@H](C(N)=O)NC(=O)CNC(=O)CNC(=O)[C@H](CCCN=C(N)N)NC(=O)[C@H](CC(=O)O)NC(=O)[C@H](CCCCN)NC(=O)[C@@H]2CCCN2C(=O)[C@H](CCCN=C(N)N)NC(=O)[C@H](Cc2cccc(F)c2)NC(=O)[C@H](CCCN=C(N)N)NC1=O. The molecule has 29 N–H and O–H groups in total. The van der Waals surface area contributed by atoms with Crippen LogP contribution in [0.4, 0.5) is 4.39 Å². The highest BCUT2D eigenvalue weighted by atomic mass is 32.2. The Kier molecular flexibility index (Phi) is 37.9. The Bertz CT molecular complexity index is 3510. The van der Waals surface area contributed by atoms with Gasteiger partial charge in [0.05, 0.1) is 25.3 Å². The number of nitrogens with zero attached hydrogens (tertiary/aromatic N) is 4. The second kappa shape index (κ2) is 46.0. The number of aliphatic imine (C=N–C) groups is 3. The smallest absolute Gasteiger partial charge is 0.305 e. The summed E-state index contributed by atoms with van der Waals surface area (Å²) in [5.74, 6) is -17.2. The summed E-state index contributed by atoms with van der Waals surface area (Å²) < 4.78 is 15.0. The molecule has 2 aliphatic rings. The van der Waals surface area contributed by atoms with E-state index in [1.807, 2.05) is 0 Å². The number of benzene rings is 2. The molecule has 2 aliphatic heterocycles. The zero-order valence-corrected chi connectivity index (χ0v) is 60.6. The van der Waals surface area contributed by atoms with E-state index >= 15 is 9.59 Å². The Hall–Kier alpha value is -11.1. The minimum absolute atomic E-state index is 0.000866. The molecule has 590 valence electrons. The lowest BCUT2D eigenvalue weighted by molar-refractivity contribution is -0.143. The molecule has 13 amide bonds. The number of hydrogen-bond acceptors (Lipinski definition) is 20. The summed E-state index contributed by atoms with van der Waals surface area (Å²) in [6.45, 7) is 1.67. The molecule has 0 bridgehead atoms. The number of halogens is 1. The maximum atomic E-state index is 15.1. The van der Waals surface area contributed by atoms with Crippen molar-refractivity contribution in [3.63, 3.8) is 0 Å². The first-order chi connectivity index (χ1) is 50.7. The van der Waals surface area contributed by atoms with Crippen LogP contribution in [0.2, 0.25) is 0 Å². The van der Waals surface area contributed by atoms with Crippen LogP contribution in [0.1, 0.15) is 108 Å². The van der Waals surface area contributed by atoms with Crippen molar-refractivity contribution in [3.05, 3.63) is 65.5 Å². The van der Waals surface area contributed by atoms with Crippen LogP contribution in [-0.2, 0) is 80.0 Å². The average Bonchev–Trinajstić information content (AvgIpc) is 1.73. The van der Waals surface area contributed by atoms with E-state index in [9.17, 15) is 72.1 Å². The Morgan fingerprint density at radius 3 is 1.57 bits per heavy atom. The van der Waals surface area contributed by atoms with E-state index in [0.29, 0.717) is 12.0 Å². The first kappa shape index (κ1) is 88.3. The third-order valence-electron chi connectivity index (χ3n) is 16.5. The maximum absolute atomic E-state index is 15.1. The van der Waals surface area contributed by atoms with Crippen LogP contribution in [0.3, 0.4) is 0 Å². The number of amides is 13. The van der Waals surface area contributed by atoms with Gasteiger partial charge in [0.25, 0.3) is 0 Å². The lowest BCUT2D eigenvalue weighted by Gasteiger charge is -2.31. The van der Waals surface area contributed by atoms with Crippen LogP contribution < -0.4 is 104 Å². The summed E-state index contributed by atoms with van der Waals surface area (Å²) in [5.41, 5.74) is 45.4. The fourth-order valence-corrected chi connectivity index (χ4v) is 12.1. The Morgan fingerprint density at radius 2 is 1.02 bits per heavy atom. The summed E-state index contributed by atoms with van der Waals surface area (Å²) >= 11 is 0.794. The summed E-state index contributed by atoms with van der Waals surface area (Å²) in [6.07, 6.45) is -1.88. The lowest BCUT2D eigenvalue weighted by Crippen LogP contribution is -2.61. The molecule has 2 fully saturated rings. The van der Waals surface area contributed by atoms with E-state index in [1.165, 1.54) is 36.4 Å². The molecule has 10 atom stereocenters. The molecule has 2 saturated heterocycles. The van der Waals surface area contributed by atoms with Gasteiger partial charge in [0.15, 0.2) is 17.9 Å². The number of carbonyl (C=O) groups excluding carboxylic acids is 13. The van der Waals surface area contributed by atoms with Gasteiger partial charge in [0.2, 0.25) is 76.8 Å². The van der Waals surface area contributed by atoms with Crippen molar-refractivity contribution in [1.29, 1.82) is 0 Å². The highest BCUT2D eigenvalue weighted by Gasteiger charge is 2.41. The fraction of sp³-hybridized carbons (Fsp3) is 0.561.